The highest BCUT2D eigenvalue weighted by Gasteiger charge is 2.67. The Balaban J connectivity index is 0.883. The van der Waals surface area contributed by atoms with Crippen molar-refractivity contribution < 1.29 is 57.0 Å². The van der Waals surface area contributed by atoms with Crippen molar-refractivity contribution in [3.63, 3.8) is 0 Å². The number of fused-ring (bicyclic) bond motifs is 1. The summed E-state index contributed by atoms with van der Waals surface area (Å²) in [5, 5.41) is 6.28. The second-order valence-corrected chi connectivity index (χ2v) is 21.4. The smallest absolute Gasteiger partial charge is 0.251 e. The van der Waals surface area contributed by atoms with Gasteiger partial charge in [0.2, 0.25) is 11.5 Å². The Hall–Kier alpha value is -9.44. The summed E-state index contributed by atoms with van der Waals surface area (Å²) in [6.07, 6.45) is -2.81. The van der Waals surface area contributed by atoms with Crippen LogP contribution >= 0.6 is 0 Å². The maximum atomic E-state index is 15.0. The maximum Gasteiger partial charge on any atom is 0.251 e. The van der Waals surface area contributed by atoms with Crippen LogP contribution in [0.3, 0.4) is 0 Å². The van der Waals surface area contributed by atoms with Crippen molar-refractivity contribution in [3.05, 3.63) is 287 Å². The van der Waals surface area contributed by atoms with Gasteiger partial charge in [-0.3, -0.25) is 9.59 Å². The third-order valence-corrected chi connectivity index (χ3v) is 14.6. The Labute approximate surface area is 501 Å². The van der Waals surface area contributed by atoms with E-state index in [0.29, 0.717) is 34.5 Å². The average molecular weight is 1150 g/mol. The summed E-state index contributed by atoms with van der Waals surface area (Å²) in [5.74, 6) is -0.175. The summed E-state index contributed by atoms with van der Waals surface area (Å²) < 4.78 is 66.2. The zero-order valence-corrected chi connectivity index (χ0v) is 48.0. The Morgan fingerprint density at radius 2 is 0.709 bits per heavy atom. The summed E-state index contributed by atoms with van der Waals surface area (Å²) >= 11 is 0. The molecule has 2 saturated heterocycles. The van der Waals surface area contributed by atoms with E-state index in [0.717, 1.165) is 38.9 Å². The largest absolute Gasteiger partial charge is 0.485 e. The molecule has 0 spiro atoms. The van der Waals surface area contributed by atoms with Crippen LogP contribution in [0.5, 0.6) is 34.5 Å². The first kappa shape index (κ1) is 58.3. The molecule has 438 valence electrons. The number of nitrogens with one attached hydrogen (secondary N) is 2. The fourth-order valence-corrected chi connectivity index (χ4v) is 10.3. The number of ether oxygens (including phenoxy) is 10. The van der Waals surface area contributed by atoms with Crippen LogP contribution in [0, 0.1) is 0 Å². The van der Waals surface area contributed by atoms with Gasteiger partial charge >= 0.3 is 0 Å². The fourth-order valence-electron chi connectivity index (χ4n) is 10.3. The van der Waals surface area contributed by atoms with Gasteiger partial charge in [0, 0.05) is 17.7 Å². The van der Waals surface area contributed by atoms with Gasteiger partial charge in [-0.15, -0.1) is 0 Å². The predicted molar refractivity (Wildman–Crippen MR) is 325 cm³/mol. The van der Waals surface area contributed by atoms with E-state index in [-0.39, 0.29) is 70.5 Å². The molecule has 2 N–H and O–H groups in total. The van der Waals surface area contributed by atoms with E-state index in [1.54, 1.807) is 38.1 Å². The molecule has 14 heteroatoms. The molecular weight excluding hydrogens is 1080 g/mol. The summed E-state index contributed by atoms with van der Waals surface area (Å²) in [6.45, 7) is 4.75. The molecule has 11 rings (SSSR count). The first-order valence-electron chi connectivity index (χ1n) is 28.7. The molecule has 0 unspecified atom stereocenters. The minimum atomic E-state index is -1.43. The fraction of sp³-hybridized carbons (Fsp3) is 0.222. The third kappa shape index (κ3) is 15.1. The first-order chi connectivity index (χ1) is 42.1. The average Bonchev–Trinajstić information content (AvgIpc) is 1.73. The van der Waals surface area contributed by atoms with Crippen molar-refractivity contribution in [2.75, 3.05) is 13.1 Å². The molecule has 4 atom stereocenters. The van der Waals surface area contributed by atoms with Crippen LogP contribution in [0.4, 0.5) is 0 Å². The monoisotopic (exact) mass is 1150 g/mol. The van der Waals surface area contributed by atoms with Crippen LogP contribution in [-0.2, 0) is 65.2 Å². The van der Waals surface area contributed by atoms with Crippen molar-refractivity contribution in [1.29, 1.82) is 0 Å². The Morgan fingerprint density at radius 1 is 0.407 bits per heavy atom. The molecule has 86 heavy (non-hydrogen) atoms. The van der Waals surface area contributed by atoms with Gasteiger partial charge in [-0.25, -0.2) is 0 Å². The van der Waals surface area contributed by atoms with Gasteiger partial charge in [-0.1, -0.05) is 212 Å². The summed E-state index contributed by atoms with van der Waals surface area (Å²) in [5.41, 5.74) is 5.47. The zero-order valence-electron chi connectivity index (χ0n) is 48.0. The quantitative estimate of drug-likeness (QED) is 0.0504. The summed E-state index contributed by atoms with van der Waals surface area (Å²) in [7, 11) is 0. The number of amides is 2. The number of benzene rings is 9. The Bertz CT molecular complexity index is 3490. The minimum Gasteiger partial charge on any atom is -0.485 e. The molecular formula is C72H68N2O12. The minimum absolute atomic E-state index is 0.0504. The van der Waals surface area contributed by atoms with E-state index in [1.165, 1.54) is 0 Å². The molecule has 14 nitrogen and oxygen atoms in total. The summed E-state index contributed by atoms with van der Waals surface area (Å²) in [4.78, 5) is 29.7. The molecule has 2 heterocycles. The molecule has 2 fully saturated rings. The molecule has 2 amide bonds. The lowest BCUT2D eigenvalue weighted by atomic mass is 9.94. The van der Waals surface area contributed by atoms with E-state index in [2.05, 4.69) is 10.6 Å². The van der Waals surface area contributed by atoms with E-state index in [4.69, 9.17) is 47.4 Å². The highest BCUT2D eigenvalue weighted by Crippen LogP contribution is 2.48. The van der Waals surface area contributed by atoms with Crippen LogP contribution in [0.25, 0.3) is 0 Å². The molecule has 2 aliphatic heterocycles. The van der Waals surface area contributed by atoms with Gasteiger partial charge in [0.05, 0.1) is 13.2 Å². The second-order valence-electron chi connectivity index (χ2n) is 21.4. The van der Waals surface area contributed by atoms with Gasteiger partial charge in [0.25, 0.3) is 11.8 Å². The molecule has 2 aliphatic rings. The van der Waals surface area contributed by atoms with Crippen molar-refractivity contribution in [2.45, 2.75) is 90.0 Å². The lowest BCUT2D eigenvalue weighted by Crippen LogP contribution is -2.56. The lowest BCUT2D eigenvalue weighted by Gasteiger charge is -2.33. The van der Waals surface area contributed by atoms with Crippen molar-refractivity contribution >= 4 is 11.8 Å². The normalized spacial score (nSPS) is 17.4. The Morgan fingerprint density at radius 3 is 1.05 bits per heavy atom. The van der Waals surface area contributed by atoms with Crippen molar-refractivity contribution in [3.8, 4) is 34.5 Å². The molecule has 0 radical (unpaired) electrons. The maximum absolute atomic E-state index is 15.0. The molecule has 0 aliphatic carbocycles. The van der Waals surface area contributed by atoms with E-state index < -0.39 is 41.7 Å². The molecule has 0 saturated carbocycles. The highest BCUT2D eigenvalue weighted by molar-refractivity contribution is 5.96. The standard InChI is InChI=1S/C72H68N2O12/c1-71(2)85-67-64(42-73-68(75)58-38-60(77-43-51-24-10-3-11-25-51)65(81-47-55-32-18-7-19-33-55)61(39-58)78-44-52-26-12-4-13-27-52)84-70(83-49-57-36-22-9-23-37-57)72(67,86-71)50-74-69(76)59-40-62(79-45-53-28-14-5-15-29-53)66(82-48-56-34-20-8-21-35-56)63(41-59)80-46-54-30-16-6-17-31-54/h3-41,64,67,70H,42-50H2,1-2H3,(H,73,75)(H,74,76)/t64-,67-,70-,72-/m1/s1. The topological polar surface area (TPSA) is 150 Å². The lowest BCUT2D eigenvalue weighted by molar-refractivity contribution is -0.260. The second kappa shape index (κ2) is 28.0. The molecule has 0 bridgehead atoms. The molecule has 9 aromatic carbocycles. The van der Waals surface area contributed by atoms with Gasteiger partial charge < -0.3 is 58.0 Å². The number of rotatable bonds is 27. The number of hydrogen-bond acceptors (Lipinski definition) is 12. The van der Waals surface area contributed by atoms with Crippen LogP contribution in [0.15, 0.2) is 237 Å². The van der Waals surface area contributed by atoms with E-state index in [9.17, 15) is 9.59 Å². The highest BCUT2D eigenvalue weighted by atomic mass is 16.8. The van der Waals surface area contributed by atoms with Gasteiger partial charge in [-0.2, -0.15) is 0 Å². The van der Waals surface area contributed by atoms with Crippen molar-refractivity contribution in [2.24, 2.45) is 0 Å². The molecule has 9 aromatic rings. The van der Waals surface area contributed by atoms with Crippen LogP contribution in [0.1, 0.15) is 73.5 Å². The van der Waals surface area contributed by atoms with Crippen molar-refractivity contribution in [1.82, 2.24) is 10.6 Å². The van der Waals surface area contributed by atoms with Gasteiger partial charge in [-0.05, 0) is 77.1 Å². The Kier molecular flexibility index (Phi) is 19.0. The predicted octanol–water partition coefficient (Wildman–Crippen LogP) is 13.2. The van der Waals surface area contributed by atoms with Gasteiger partial charge in [0.1, 0.15) is 51.8 Å². The van der Waals surface area contributed by atoms with Gasteiger partial charge in [0.15, 0.2) is 40.7 Å². The van der Waals surface area contributed by atoms with Crippen LogP contribution < -0.4 is 39.1 Å². The summed E-state index contributed by atoms with van der Waals surface area (Å²) in [6, 6.07) is 74.9. The number of carbonyl (C=O) groups excluding carboxylic acids is 2. The first-order valence-corrected chi connectivity index (χ1v) is 28.7. The van der Waals surface area contributed by atoms with Crippen LogP contribution in [0.2, 0.25) is 0 Å². The molecule has 0 aromatic heterocycles. The van der Waals surface area contributed by atoms with E-state index in [1.807, 2.05) is 212 Å². The third-order valence-electron chi connectivity index (χ3n) is 14.6. The zero-order chi connectivity index (χ0) is 59.0. The van der Waals surface area contributed by atoms with Crippen LogP contribution in [-0.4, -0.2) is 54.8 Å². The number of hydrogen-bond donors (Lipinski definition) is 2. The number of carbonyl (C=O) groups is 2. The SMILES string of the molecule is CC1(C)O[C@@H]2[C@@H](CNC(=O)c3cc(OCc4ccccc4)c(OCc4ccccc4)c(OCc4ccccc4)c3)O[C@@H](OCc3ccccc3)[C@]2(CNC(=O)c2cc(OCc3ccccc3)c(OCc3ccccc3)c(OCc3ccccc3)c2)O1. The van der Waals surface area contributed by atoms with E-state index >= 15 is 0 Å².